The van der Waals surface area contributed by atoms with Crippen molar-refractivity contribution in [2.24, 2.45) is 0 Å². The highest BCUT2D eigenvalue weighted by atomic mass is 16.3. The fraction of sp³-hybridized carbons (Fsp3) is 0.0435. The molecule has 0 aliphatic rings. The highest BCUT2D eigenvalue weighted by Gasteiger charge is 2.20. The molecule has 0 radical (unpaired) electrons. The van der Waals surface area contributed by atoms with Gasteiger partial charge in [0.2, 0.25) is 0 Å². The summed E-state index contributed by atoms with van der Waals surface area (Å²) in [5, 5.41) is 9.86. The number of nitrogens with zero attached hydrogens (tertiary/aromatic N) is 1. The molecule has 0 aliphatic carbocycles. The predicted molar refractivity (Wildman–Crippen MR) is 302 cm³/mol. The molecule has 0 amide bonds. The van der Waals surface area contributed by atoms with E-state index < -0.39 is 0 Å². The molecule has 1 heterocycles. The van der Waals surface area contributed by atoms with Gasteiger partial charge in [0.1, 0.15) is 11.2 Å². The van der Waals surface area contributed by atoms with E-state index in [4.69, 9.17) is 4.42 Å². The van der Waals surface area contributed by atoms with E-state index in [1.54, 1.807) is 0 Å². The molecule has 2 nitrogen and oxygen atoms in total. The zero-order valence-electron chi connectivity index (χ0n) is 39.5. The van der Waals surface area contributed by atoms with Gasteiger partial charge in [-0.25, -0.2) is 0 Å². The molecule has 12 aromatic carbocycles. The van der Waals surface area contributed by atoms with Gasteiger partial charge in [0.05, 0.1) is 5.69 Å². The van der Waals surface area contributed by atoms with Crippen LogP contribution < -0.4 is 4.90 Å². The summed E-state index contributed by atoms with van der Waals surface area (Å²) in [5.74, 6) is 0. The van der Waals surface area contributed by atoms with Crippen molar-refractivity contribution in [3.05, 3.63) is 260 Å². The van der Waals surface area contributed by atoms with E-state index >= 15 is 0 Å². The molecule has 0 spiro atoms. The quantitative estimate of drug-likeness (QED) is 0.127. The van der Waals surface area contributed by atoms with E-state index in [1.165, 1.54) is 71.3 Å². The summed E-state index contributed by atoms with van der Waals surface area (Å²) >= 11 is 0. The molecule has 2 heteroatoms. The van der Waals surface area contributed by atoms with Crippen LogP contribution in [-0.4, -0.2) is 0 Å². The third kappa shape index (κ3) is 7.62. The van der Waals surface area contributed by atoms with Crippen LogP contribution in [0.5, 0.6) is 0 Å². The van der Waals surface area contributed by atoms with Crippen LogP contribution in [0.4, 0.5) is 17.1 Å². The Balaban J connectivity index is 0.897. The van der Waals surface area contributed by atoms with Gasteiger partial charge >= 0.3 is 0 Å². The molecule has 0 aliphatic heterocycles. The van der Waals surface area contributed by atoms with E-state index in [1.807, 2.05) is 12.1 Å². The molecule has 0 unspecified atom stereocenters. The van der Waals surface area contributed by atoms with Gasteiger partial charge < -0.3 is 9.32 Å². The van der Waals surface area contributed by atoms with Gasteiger partial charge in [-0.2, -0.15) is 0 Å². The Morgan fingerprint density at radius 2 is 0.831 bits per heavy atom. The normalized spacial score (nSPS) is 11.6. The molecule has 0 fully saturated rings. The Morgan fingerprint density at radius 3 is 1.51 bits per heavy atom. The van der Waals surface area contributed by atoms with Crippen molar-refractivity contribution < 1.29 is 4.42 Å². The van der Waals surface area contributed by atoms with Crippen LogP contribution in [0, 0.1) is 0 Å². The van der Waals surface area contributed by atoms with Gasteiger partial charge in [0.25, 0.3) is 0 Å². The Labute approximate surface area is 414 Å². The maximum atomic E-state index is 6.41. The third-order valence-electron chi connectivity index (χ3n) is 14.4. The Hall–Kier alpha value is -8.98. The van der Waals surface area contributed by atoms with Gasteiger partial charge in [-0.05, 0) is 138 Å². The first-order valence-corrected chi connectivity index (χ1v) is 24.8. The Kier molecular flexibility index (Phi) is 10.6. The largest absolute Gasteiger partial charge is 0.455 e. The lowest BCUT2D eigenvalue weighted by molar-refractivity contribution is 0.670. The molecular formula is C69H49NO. The standard InChI is InChI=1S/C69H49NO/c1-2-14-53-19-12-25-64-66(45-55-18-7-9-21-60(55)68(53)64)70(57-39-35-49(36-40-57)48-27-31-51(32-28-48)61-23-13-24-63-62-22-10-11-26-67(62)71-69(61)63)58-41-37-50(38-42-58)56-43-54-17-6-8-20-59(54)65(44-56)52-33-29-47(30-34-52)46-15-4-3-5-16-46/h3-13,15-45H,2,14H2,1H3. The summed E-state index contributed by atoms with van der Waals surface area (Å²) in [6, 6.07) is 93.0. The van der Waals surface area contributed by atoms with E-state index in [0.717, 1.165) is 74.1 Å². The number of furan rings is 1. The topological polar surface area (TPSA) is 16.4 Å². The zero-order valence-corrected chi connectivity index (χ0v) is 39.5. The average molecular weight is 908 g/mol. The summed E-state index contributed by atoms with van der Waals surface area (Å²) in [6.45, 7) is 2.27. The molecule has 13 aromatic rings. The second-order valence-electron chi connectivity index (χ2n) is 18.7. The maximum Gasteiger partial charge on any atom is 0.143 e. The second-order valence-corrected chi connectivity index (χ2v) is 18.7. The van der Waals surface area contributed by atoms with Crippen LogP contribution in [0.25, 0.3) is 110 Å². The summed E-state index contributed by atoms with van der Waals surface area (Å²) in [6.07, 6.45) is 2.10. The number of rotatable bonds is 10. The predicted octanol–water partition coefficient (Wildman–Crippen LogP) is 19.8. The summed E-state index contributed by atoms with van der Waals surface area (Å²) in [5.41, 5.74) is 18.4. The van der Waals surface area contributed by atoms with Gasteiger partial charge in [0, 0.05) is 33.1 Å². The monoisotopic (exact) mass is 907 g/mol. The minimum atomic E-state index is 0.912. The van der Waals surface area contributed by atoms with E-state index in [2.05, 4.69) is 254 Å². The van der Waals surface area contributed by atoms with Crippen LogP contribution >= 0.6 is 0 Å². The lowest BCUT2D eigenvalue weighted by atomic mass is 9.92. The lowest BCUT2D eigenvalue weighted by Crippen LogP contribution is -2.11. The maximum absolute atomic E-state index is 6.41. The van der Waals surface area contributed by atoms with Crippen molar-refractivity contribution >= 4 is 71.3 Å². The van der Waals surface area contributed by atoms with Crippen molar-refractivity contribution in [2.45, 2.75) is 19.8 Å². The summed E-state index contributed by atoms with van der Waals surface area (Å²) in [7, 11) is 0. The van der Waals surface area contributed by atoms with Gasteiger partial charge in [-0.3, -0.25) is 0 Å². The Morgan fingerprint density at radius 1 is 0.338 bits per heavy atom. The van der Waals surface area contributed by atoms with Crippen LogP contribution in [-0.2, 0) is 6.42 Å². The number of aryl methyl sites for hydroxylation is 1. The zero-order chi connectivity index (χ0) is 47.3. The Bertz CT molecular complexity index is 4070. The molecular weight excluding hydrogens is 859 g/mol. The number of anilines is 3. The number of hydrogen-bond donors (Lipinski definition) is 0. The molecule has 0 N–H and O–H groups in total. The number of hydrogen-bond acceptors (Lipinski definition) is 2. The van der Waals surface area contributed by atoms with E-state index in [-0.39, 0.29) is 0 Å². The highest BCUT2D eigenvalue weighted by Crippen LogP contribution is 2.45. The third-order valence-corrected chi connectivity index (χ3v) is 14.4. The second kappa shape index (κ2) is 17.8. The number of benzene rings is 12. The first-order chi connectivity index (χ1) is 35.1. The van der Waals surface area contributed by atoms with Crippen LogP contribution in [0.15, 0.2) is 259 Å². The highest BCUT2D eigenvalue weighted by molar-refractivity contribution is 6.16. The van der Waals surface area contributed by atoms with Gasteiger partial charge in [-0.1, -0.05) is 220 Å². The minimum absolute atomic E-state index is 0.912. The molecule has 0 atom stereocenters. The van der Waals surface area contributed by atoms with Crippen molar-refractivity contribution in [3.63, 3.8) is 0 Å². The molecule has 1 aromatic heterocycles. The van der Waals surface area contributed by atoms with Gasteiger partial charge in [-0.15, -0.1) is 0 Å². The van der Waals surface area contributed by atoms with Crippen LogP contribution in [0.3, 0.4) is 0 Å². The smallest absolute Gasteiger partial charge is 0.143 e. The number of para-hydroxylation sites is 2. The van der Waals surface area contributed by atoms with Crippen molar-refractivity contribution in [3.8, 4) is 55.6 Å². The SMILES string of the molecule is CCCc1cccc2c(N(c3ccc(-c4ccc(-c5cccc6c5oc5ccccc56)cc4)cc3)c3ccc(-c4cc(-c5ccc(-c6ccccc6)cc5)c5ccccc5c4)cc3)cc3ccccc3c12. The molecule has 0 saturated carbocycles. The fourth-order valence-corrected chi connectivity index (χ4v) is 10.9. The number of fused-ring (bicyclic) bond motifs is 7. The molecule has 71 heavy (non-hydrogen) atoms. The van der Waals surface area contributed by atoms with Crippen LogP contribution in [0.1, 0.15) is 18.9 Å². The van der Waals surface area contributed by atoms with E-state index in [9.17, 15) is 0 Å². The lowest BCUT2D eigenvalue weighted by Gasteiger charge is -2.28. The molecule has 0 saturated heterocycles. The summed E-state index contributed by atoms with van der Waals surface area (Å²) < 4.78 is 6.41. The first-order valence-electron chi connectivity index (χ1n) is 24.8. The minimum Gasteiger partial charge on any atom is -0.455 e. The van der Waals surface area contributed by atoms with Crippen molar-refractivity contribution in [1.29, 1.82) is 0 Å². The molecule has 13 rings (SSSR count). The van der Waals surface area contributed by atoms with E-state index in [0.29, 0.717) is 0 Å². The molecule has 0 bridgehead atoms. The van der Waals surface area contributed by atoms with Crippen molar-refractivity contribution in [2.75, 3.05) is 4.90 Å². The average Bonchev–Trinajstić information content (AvgIpc) is 3.83. The van der Waals surface area contributed by atoms with Crippen molar-refractivity contribution in [1.82, 2.24) is 0 Å². The van der Waals surface area contributed by atoms with Gasteiger partial charge in [0.15, 0.2) is 0 Å². The first kappa shape index (κ1) is 42.1. The fourth-order valence-electron chi connectivity index (χ4n) is 10.9. The van der Waals surface area contributed by atoms with Crippen LogP contribution in [0.2, 0.25) is 0 Å². The molecule has 336 valence electrons. The summed E-state index contributed by atoms with van der Waals surface area (Å²) in [4.78, 5) is 2.45.